The van der Waals surface area contributed by atoms with E-state index in [0.29, 0.717) is 5.89 Å². The molecule has 0 saturated carbocycles. The molecule has 0 amide bonds. The third-order valence-corrected chi connectivity index (χ3v) is 3.35. The van der Waals surface area contributed by atoms with Gasteiger partial charge in [-0.05, 0) is 26.2 Å². The Balaban J connectivity index is 1.93. The molecule has 1 saturated heterocycles. The molecular formula is C12H21N3O2. The lowest BCUT2D eigenvalue weighted by Gasteiger charge is -2.20. The lowest BCUT2D eigenvalue weighted by atomic mass is 10.0. The van der Waals surface area contributed by atoms with Crippen molar-refractivity contribution in [3.8, 4) is 0 Å². The second kappa shape index (κ2) is 5.60. The smallest absolute Gasteiger partial charge is 0.231 e. The second-order valence-electron chi connectivity index (χ2n) is 4.89. The van der Waals surface area contributed by atoms with Gasteiger partial charge in [0.1, 0.15) is 0 Å². The molecular weight excluding hydrogens is 218 g/mol. The second-order valence-corrected chi connectivity index (χ2v) is 4.89. The first-order valence-corrected chi connectivity index (χ1v) is 6.36. The molecule has 1 fully saturated rings. The minimum Gasteiger partial charge on any atom is -0.378 e. The Kier molecular flexibility index (Phi) is 4.12. The fourth-order valence-electron chi connectivity index (χ4n) is 1.93. The van der Waals surface area contributed by atoms with E-state index in [1.807, 2.05) is 13.8 Å². The Morgan fingerprint density at radius 1 is 1.41 bits per heavy atom. The van der Waals surface area contributed by atoms with Crippen LogP contribution < -0.4 is 5.73 Å². The fourth-order valence-corrected chi connectivity index (χ4v) is 1.93. The summed E-state index contributed by atoms with van der Waals surface area (Å²) < 4.78 is 10.9. The Morgan fingerprint density at radius 2 is 2.24 bits per heavy atom. The van der Waals surface area contributed by atoms with Crippen LogP contribution in [0, 0.1) is 0 Å². The fraction of sp³-hybridized carbons (Fsp3) is 0.833. The highest BCUT2D eigenvalue weighted by Gasteiger charge is 2.21. The van der Waals surface area contributed by atoms with Crippen LogP contribution in [0.25, 0.3) is 0 Å². The zero-order chi connectivity index (χ0) is 12.3. The molecule has 96 valence electrons. The first kappa shape index (κ1) is 12.5. The van der Waals surface area contributed by atoms with Crippen molar-refractivity contribution in [1.82, 2.24) is 10.1 Å². The molecule has 17 heavy (non-hydrogen) atoms. The quantitative estimate of drug-likeness (QED) is 0.864. The summed E-state index contributed by atoms with van der Waals surface area (Å²) >= 11 is 0. The predicted molar refractivity (Wildman–Crippen MR) is 63.7 cm³/mol. The SMILES string of the molecule is CC(N)C(C)c1nc(CC2CCCCO2)no1. The average Bonchev–Trinajstić information content (AvgIpc) is 2.77. The van der Waals surface area contributed by atoms with Gasteiger partial charge in [-0.1, -0.05) is 12.1 Å². The molecule has 0 bridgehead atoms. The van der Waals surface area contributed by atoms with E-state index >= 15 is 0 Å². The standard InChI is InChI=1S/C12H21N3O2/c1-8(9(2)13)12-14-11(15-17-12)7-10-5-3-4-6-16-10/h8-10H,3-7,13H2,1-2H3. The van der Waals surface area contributed by atoms with Gasteiger partial charge in [-0.15, -0.1) is 0 Å². The van der Waals surface area contributed by atoms with E-state index < -0.39 is 0 Å². The van der Waals surface area contributed by atoms with Crippen LogP contribution in [0.4, 0.5) is 0 Å². The molecule has 5 nitrogen and oxygen atoms in total. The third kappa shape index (κ3) is 3.26. The zero-order valence-electron chi connectivity index (χ0n) is 10.6. The van der Waals surface area contributed by atoms with Crippen LogP contribution in [0.3, 0.4) is 0 Å². The molecule has 5 heteroatoms. The predicted octanol–water partition coefficient (Wildman–Crippen LogP) is 1.63. The molecule has 1 aliphatic heterocycles. The summed E-state index contributed by atoms with van der Waals surface area (Å²) in [5.41, 5.74) is 5.81. The molecule has 2 rings (SSSR count). The van der Waals surface area contributed by atoms with E-state index in [1.54, 1.807) is 0 Å². The van der Waals surface area contributed by atoms with Crippen LogP contribution in [0.1, 0.15) is 50.7 Å². The Labute approximate surface area is 102 Å². The van der Waals surface area contributed by atoms with Crippen molar-refractivity contribution in [2.45, 2.75) is 57.6 Å². The van der Waals surface area contributed by atoms with Crippen LogP contribution in [0.15, 0.2) is 4.52 Å². The molecule has 0 spiro atoms. The maximum atomic E-state index is 5.81. The first-order valence-electron chi connectivity index (χ1n) is 6.36. The topological polar surface area (TPSA) is 74.2 Å². The minimum atomic E-state index is 0.0224. The molecule has 2 N–H and O–H groups in total. The largest absolute Gasteiger partial charge is 0.378 e. The summed E-state index contributed by atoms with van der Waals surface area (Å²) in [6.07, 6.45) is 4.48. The number of nitrogens with two attached hydrogens (primary N) is 1. The van der Waals surface area contributed by atoms with Gasteiger partial charge >= 0.3 is 0 Å². The molecule has 3 unspecified atom stereocenters. The van der Waals surface area contributed by atoms with Gasteiger partial charge in [0.25, 0.3) is 0 Å². The van der Waals surface area contributed by atoms with Crippen molar-refractivity contribution in [2.24, 2.45) is 5.73 Å². The summed E-state index contributed by atoms with van der Waals surface area (Å²) in [7, 11) is 0. The summed E-state index contributed by atoms with van der Waals surface area (Å²) in [5, 5.41) is 3.99. The van der Waals surface area contributed by atoms with Gasteiger partial charge < -0.3 is 15.0 Å². The van der Waals surface area contributed by atoms with Gasteiger partial charge in [0, 0.05) is 19.1 Å². The highest BCUT2D eigenvalue weighted by molar-refractivity contribution is 4.96. The van der Waals surface area contributed by atoms with E-state index in [1.165, 1.54) is 6.42 Å². The van der Waals surface area contributed by atoms with E-state index in [-0.39, 0.29) is 18.1 Å². The molecule has 1 aliphatic rings. The maximum Gasteiger partial charge on any atom is 0.231 e. The molecule has 2 heterocycles. The van der Waals surface area contributed by atoms with Crippen LogP contribution >= 0.6 is 0 Å². The number of nitrogens with zero attached hydrogens (tertiary/aromatic N) is 2. The van der Waals surface area contributed by atoms with Gasteiger partial charge in [0.05, 0.1) is 12.0 Å². The van der Waals surface area contributed by atoms with Crippen molar-refractivity contribution < 1.29 is 9.26 Å². The normalized spacial score (nSPS) is 24.5. The first-order chi connectivity index (χ1) is 8.16. The summed E-state index contributed by atoms with van der Waals surface area (Å²) in [5.74, 6) is 1.47. The Bertz CT molecular complexity index is 345. The van der Waals surface area contributed by atoms with Gasteiger partial charge in [0.2, 0.25) is 5.89 Å². The van der Waals surface area contributed by atoms with Crippen LogP contribution in [0.5, 0.6) is 0 Å². The summed E-state index contributed by atoms with van der Waals surface area (Å²) in [4.78, 5) is 4.39. The monoisotopic (exact) mass is 239 g/mol. The number of hydrogen-bond donors (Lipinski definition) is 1. The number of hydrogen-bond acceptors (Lipinski definition) is 5. The van der Waals surface area contributed by atoms with Crippen molar-refractivity contribution in [2.75, 3.05) is 6.61 Å². The molecule has 3 atom stereocenters. The van der Waals surface area contributed by atoms with Gasteiger partial charge in [-0.3, -0.25) is 0 Å². The number of aromatic nitrogens is 2. The third-order valence-electron chi connectivity index (χ3n) is 3.35. The van der Waals surface area contributed by atoms with E-state index in [9.17, 15) is 0 Å². The van der Waals surface area contributed by atoms with E-state index in [0.717, 1.165) is 31.7 Å². The van der Waals surface area contributed by atoms with Crippen molar-refractivity contribution >= 4 is 0 Å². The van der Waals surface area contributed by atoms with Gasteiger partial charge in [-0.2, -0.15) is 4.98 Å². The summed E-state index contributed by atoms with van der Waals surface area (Å²) in [6, 6.07) is 0.0224. The van der Waals surface area contributed by atoms with Crippen LogP contribution in [0.2, 0.25) is 0 Å². The molecule has 1 aromatic rings. The van der Waals surface area contributed by atoms with Crippen molar-refractivity contribution in [1.29, 1.82) is 0 Å². The molecule has 0 radical (unpaired) electrons. The number of ether oxygens (including phenoxy) is 1. The van der Waals surface area contributed by atoms with E-state index in [2.05, 4.69) is 10.1 Å². The Hall–Kier alpha value is -0.940. The lowest BCUT2D eigenvalue weighted by Crippen LogP contribution is -2.23. The molecule has 0 aromatic carbocycles. The molecule has 0 aliphatic carbocycles. The van der Waals surface area contributed by atoms with Crippen LogP contribution in [-0.4, -0.2) is 28.9 Å². The average molecular weight is 239 g/mol. The molecule has 1 aromatic heterocycles. The van der Waals surface area contributed by atoms with Crippen LogP contribution in [-0.2, 0) is 11.2 Å². The van der Waals surface area contributed by atoms with Crippen molar-refractivity contribution in [3.05, 3.63) is 11.7 Å². The number of rotatable bonds is 4. The van der Waals surface area contributed by atoms with Gasteiger partial charge in [-0.25, -0.2) is 0 Å². The van der Waals surface area contributed by atoms with Gasteiger partial charge in [0.15, 0.2) is 5.82 Å². The Morgan fingerprint density at radius 3 is 2.88 bits per heavy atom. The highest BCUT2D eigenvalue weighted by atomic mass is 16.5. The van der Waals surface area contributed by atoms with Crippen molar-refractivity contribution in [3.63, 3.8) is 0 Å². The lowest BCUT2D eigenvalue weighted by molar-refractivity contribution is 0.0153. The highest BCUT2D eigenvalue weighted by Crippen LogP contribution is 2.19. The maximum absolute atomic E-state index is 5.81. The van der Waals surface area contributed by atoms with E-state index in [4.69, 9.17) is 15.0 Å². The minimum absolute atomic E-state index is 0.0224. The zero-order valence-corrected chi connectivity index (χ0v) is 10.6. The summed E-state index contributed by atoms with van der Waals surface area (Å²) in [6.45, 7) is 4.80.